The third-order valence-corrected chi connectivity index (χ3v) is 5.13. The van der Waals surface area contributed by atoms with Crippen LogP contribution in [0.3, 0.4) is 0 Å². The third-order valence-electron chi connectivity index (χ3n) is 3.43. The van der Waals surface area contributed by atoms with Crippen LogP contribution in [-0.4, -0.2) is 44.2 Å². The van der Waals surface area contributed by atoms with Crippen molar-refractivity contribution in [2.75, 3.05) is 20.1 Å². The lowest BCUT2D eigenvalue weighted by molar-refractivity contribution is -0.123. The van der Waals surface area contributed by atoms with Crippen molar-refractivity contribution in [2.24, 2.45) is 7.05 Å². The van der Waals surface area contributed by atoms with Gasteiger partial charge in [-0.15, -0.1) is 12.4 Å². The van der Waals surface area contributed by atoms with Gasteiger partial charge in [0.15, 0.2) is 0 Å². The van der Waals surface area contributed by atoms with E-state index in [2.05, 4.69) is 20.5 Å². The molecule has 1 aromatic heterocycles. The first kappa shape index (κ1) is 22.4. The fourth-order valence-electron chi connectivity index (χ4n) is 2.23. The van der Waals surface area contributed by atoms with Crippen LogP contribution in [0.2, 0.25) is 5.02 Å². The molecule has 2 aromatic rings. The molecule has 0 saturated carbocycles. The van der Waals surface area contributed by atoms with E-state index >= 15 is 0 Å². The van der Waals surface area contributed by atoms with E-state index in [-0.39, 0.29) is 36.3 Å². The molecule has 3 N–H and O–H groups in total. The normalized spacial score (nSPS) is 12.3. The molecule has 1 heterocycles. The van der Waals surface area contributed by atoms with Crippen molar-refractivity contribution in [3.8, 4) is 0 Å². The molecule has 0 fully saturated rings. The SMILES string of the molecule is CNC(C(=O)NCCNS(=O)(=O)c1cccc(Cl)c1)c1cnn(C)c1.Cl. The predicted molar refractivity (Wildman–Crippen MR) is 102 cm³/mol. The molecule has 1 atom stereocenters. The van der Waals surface area contributed by atoms with Crippen LogP contribution in [0.1, 0.15) is 11.6 Å². The second-order valence-electron chi connectivity index (χ2n) is 5.32. The van der Waals surface area contributed by atoms with Crippen molar-refractivity contribution in [2.45, 2.75) is 10.9 Å². The van der Waals surface area contributed by atoms with Gasteiger partial charge in [0.05, 0.1) is 11.1 Å². The molecule has 2 rings (SSSR count). The van der Waals surface area contributed by atoms with Crippen molar-refractivity contribution in [1.29, 1.82) is 0 Å². The van der Waals surface area contributed by atoms with Crippen molar-refractivity contribution in [1.82, 2.24) is 25.1 Å². The number of aromatic nitrogens is 2. The maximum atomic E-state index is 12.2. The number of benzene rings is 1. The summed E-state index contributed by atoms with van der Waals surface area (Å²) in [6, 6.07) is 5.41. The number of hydrogen-bond donors (Lipinski definition) is 3. The van der Waals surface area contributed by atoms with Crippen LogP contribution in [-0.2, 0) is 21.9 Å². The Morgan fingerprint density at radius 3 is 2.65 bits per heavy atom. The van der Waals surface area contributed by atoms with Crippen LogP contribution in [0, 0.1) is 0 Å². The van der Waals surface area contributed by atoms with Gasteiger partial charge in [0.25, 0.3) is 0 Å². The molecule has 0 bridgehead atoms. The van der Waals surface area contributed by atoms with Gasteiger partial charge in [-0.05, 0) is 25.2 Å². The molecule has 0 saturated heterocycles. The van der Waals surface area contributed by atoms with Crippen LogP contribution >= 0.6 is 24.0 Å². The molecule has 0 aliphatic carbocycles. The fourth-order valence-corrected chi connectivity index (χ4v) is 3.56. The van der Waals surface area contributed by atoms with E-state index in [0.717, 1.165) is 5.56 Å². The van der Waals surface area contributed by atoms with E-state index in [1.165, 1.54) is 12.1 Å². The minimum absolute atomic E-state index is 0. The third kappa shape index (κ3) is 5.96. The van der Waals surface area contributed by atoms with Gasteiger partial charge in [0, 0.05) is 36.9 Å². The molecule has 11 heteroatoms. The number of halogens is 2. The predicted octanol–water partition coefficient (Wildman–Crippen LogP) is 0.851. The highest BCUT2D eigenvalue weighted by atomic mass is 35.5. The summed E-state index contributed by atoms with van der Waals surface area (Å²) in [6.07, 6.45) is 3.34. The van der Waals surface area contributed by atoms with Gasteiger partial charge in [-0.2, -0.15) is 5.10 Å². The van der Waals surface area contributed by atoms with Crippen LogP contribution < -0.4 is 15.4 Å². The monoisotopic (exact) mass is 421 g/mol. The Bertz CT molecular complexity index is 841. The first-order chi connectivity index (χ1) is 11.8. The average molecular weight is 422 g/mol. The second kappa shape index (κ2) is 9.89. The maximum Gasteiger partial charge on any atom is 0.241 e. The van der Waals surface area contributed by atoms with E-state index < -0.39 is 16.1 Å². The van der Waals surface area contributed by atoms with E-state index in [0.29, 0.717) is 5.02 Å². The largest absolute Gasteiger partial charge is 0.353 e. The average Bonchev–Trinajstić information content (AvgIpc) is 2.98. The Labute approximate surface area is 163 Å². The van der Waals surface area contributed by atoms with E-state index in [1.807, 2.05) is 0 Å². The summed E-state index contributed by atoms with van der Waals surface area (Å²) in [6.45, 7) is 0.209. The minimum atomic E-state index is -3.67. The number of amides is 1. The van der Waals surface area contributed by atoms with E-state index in [4.69, 9.17) is 11.6 Å². The molecule has 1 aromatic carbocycles. The highest BCUT2D eigenvalue weighted by Crippen LogP contribution is 2.15. The summed E-state index contributed by atoms with van der Waals surface area (Å²) in [5.74, 6) is -0.266. The maximum absolute atomic E-state index is 12.2. The van der Waals surface area contributed by atoms with Crippen molar-refractivity contribution in [3.63, 3.8) is 0 Å². The highest BCUT2D eigenvalue weighted by molar-refractivity contribution is 7.89. The second-order valence-corrected chi connectivity index (χ2v) is 7.52. The summed E-state index contributed by atoms with van der Waals surface area (Å²) in [5.41, 5.74) is 0.724. The zero-order valence-corrected chi connectivity index (χ0v) is 16.7. The Morgan fingerprint density at radius 2 is 2.08 bits per heavy atom. The molecule has 0 radical (unpaired) electrons. The number of nitrogens with zero attached hydrogens (tertiary/aromatic N) is 2. The van der Waals surface area contributed by atoms with Gasteiger partial charge in [-0.1, -0.05) is 17.7 Å². The molecule has 26 heavy (non-hydrogen) atoms. The zero-order valence-electron chi connectivity index (χ0n) is 14.3. The summed E-state index contributed by atoms with van der Waals surface area (Å²) in [4.78, 5) is 12.3. The lowest BCUT2D eigenvalue weighted by Gasteiger charge is -2.14. The van der Waals surface area contributed by atoms with Crippen LogP contribution in [0.15, 0.2) is 41.6 Å². The van der Waals surface area contributed by atoms with Crippen LogP contribution in [0.5, 0.6) is 0 Å². The topological polar surface area (TPSA) is 105 Å². The molecule has 0 spiro atoms. The molecular weight excluding hydrogens is 401 g/mol. The minimum Gasteiger partial charge on any atom is -0.353 e. The van der Waals surface area contributed by atoms with Gasteiger partial charge >= 0.3 is 0 Å². The van der Waals surface area contributed by atoms with E-state index in [1.54, 1.807) is 43.3 Å². The molecule has 8 nitrogen and oxygen atoms in total. The van der Waals surface area contributed by atoms with E-state index in [9.17, 15) is 13.2 Å². The van der Waals surface area contributed by atoms with Gasteiger partial charge in [-0.25, -0.2) is 13.1 Å². The number of nitrogens with one attached hydrogen (secondary N) is 3. The Hall–Kier alpha value is -1.65. The first-order valence-electron chi connectivity index (χ1n) is 7.52. The molecule has 144 valence electrons. The number of carbonyl (C=O) groups is 1. The van der Waals surface area contributed by atoms with Crippen LogP contribution in [0.4, 0.5) is 0 Å². The van der Waals surface area contributed by atoms with Crippen molar-refractivity contribution < 1.29 is 13.2 Å². The van der Waals surface area contributed by atoms with Gasteiger partial charge in [0.1, 0.15) is 6.04 Å². The molecule has 0 aliphatic heterocycles. The Morgan fingerprint density at radius 1 is 1.35 bits per heavy atom. The fraction of sp³-hybridized carbons (Fsp3) is 0.333. The molecule has 1 amide bonds. The molecule has 1 unspecified atom stereocenters. The number of carbonyl (C=O) groups excluding carboxylic acids is 1. The Balaban J connectivity index is 0.00000338. The lowest BCUT2D eigenvalue weighted by atomic mass is 10.1. The van der Waals surface area contributed by atoms with Gasteiger partial charge in [-0.3, -0.25) is 9.48 Å². The van der Waals surface area contributed by atoms with Gasteiger partial charge in [0.2, 0.25) is 15.9 Å². The molecular formula is C15H21Cl2N5O3S. The Kier molecular flexibility index (Phi) is 8.51. The standard InChI is InChI=1S/C15H20ClN5O3S.ClH/c1-17-14(11-9-19-21(2)10-11)15(22)18-6-7-20-25(23,24)13-5-3-4-12(16)8-13;/h3-5,8-10,14,17,20H,6-7H2,1-2H3,(H,18,22);1H. The zero-order chi connectivity index (χ0) is 18.4. The molecule has 0 aliphatic rings. The summed E-state index contributed by atoms with van der Waals surface area (Å²) < 4.78 is 28.3. The highest BCUT2D eigenvalue weighted by Gasteiger charge is 2.20. The summed E-state index contributed by atoms with van der Waals surface area (Å²) >= 11 is 5.80. The number of rotatable bonds is 8. The summed E-state index contributed by atoms with van der Waals surface area (Å²) in [7, 11) is -0.242. The van der Waals surface area contributed by atoms with Crippen molar-refractivity contribution >= 4 is 39.9 Å². The van der Waals surface area contributed by atoms with Gasteiger partial charge < -0.3 is 10.6 Å². The number of likely N-dealkylation sites (N-methyl/N-ethyl adjacent to an activating group) is 1. The lowest BCUT2D eigenvalue weighted by Crippen LogP contribution is -2.40. The van der Waals surface area contributed by atoms with Crippen LogP contribution in [0.25, 0.3) is 0 Å². The summed E-state index contributed by atoms with van der Waals surface area (Å²) in [5, 5.41) is 9.96. The number of aryl methyl sites for hydroxylation is 1. The smallest absolute Gasteiger partial charge is 0.241 e. The van der Waals surface area contributed by atoms with Crippen molar-refractivity contribution in [3.05, 3.63) is 47.2 Å². The first-order valence-corrected chi connectivity index (χ1v) is 9.38. The quantitative estimate of drug-likeness (QED) is 0.547. The number of sulfonamides is 1. The number of hydrogen-bond acceptors (Lipinski definition) is 5.